The molecule has 6 rings (SSSR count). The van der Waals surface area contributed by atoms with Gasteiger partial charge in [0.05, 0.1) is 24.1 Å². The lowest BCUT2D eigenvalue weighted by atomic mass is 9.97. The van der Waals surface area contributed by atoms with Crippen LogP contribution in [0.2, 0.25) is 0 Å². The Morgan fingerprint density at radius 2 is 1.49 bits per heavy atom. The molecule has 194 valence electrons. The summed E-state index contributed by atoms with van der Waals surface area (Å²) in [4.78, 5) is 29.4. The van der Waals surface area contributed by atoms with E-state index in [1.54, 1.807) is 24.1 Å². The number of carbonyl (C=O) groups is 1. The number of anilines is 1. The molecule has 0 bridgehead atoms. The monoisotopic (exact) mass is 517 g/mol. The topological polar surface area (TPSA) is 69.0 Å². The minimum absolute atomic E-state index is 0.0703. The first-order valence-electron chi connectivity index (χ1n) is 12.8. The van der Waals surface area contributed by atoms with E-state index in [-0.39, 0.29) is 17.1 Å². The predicted molar refractivity (Wildman–Crippen MR) is 151 cm³/mol. The Hall–Kier alpha value is -4.84. The number of amides is 1. The Kier molecular flexibility index (Phi) is 6.15. The molecule has 0 spiro atoms. The van der Waals surface area contributed by atoms with E-state index in [9.17, 15) is 9.59 Å². The fraction of sp³-hybridized carbons (Fsp3) is 0.152. The maximum absolute atomic E-state index is 13.9. The molecule has 6 heteroatoms. The van der Waals surface area contributed by atoms with Gasteiger partial charge in [-0.2, -0.15) is 0 Å². The molecule has 0 N–H and O–H groups in total. The van der Waals surface area contributed by atoms with Crippen molar-refractivity contribution in [1.29, 1.82) is 0 Å². The summed E-state index contributed by atoms with van der Waals surface area (Å²) in [6.07, 6.45) is 0. The number of hydrogen-bond acceptors (Lipinski definition) is 5. The molecule has 1 amide bonds. The smallest absolute Gasteiger partial charge is 0.295 e. The van der Waals surface area contributed by atoms with Crippen molar-refractivity contribution in [2.24, 2.45) is 0 Å². The van der Waals surface area contributed by atoms with E-state index in [1.807, 2.05) is 92.7 Å². The number of fused-ring (bicyclic) bond motifs is 2. The van der Waals surface area contributed by atoms with Crippen molar-refractivity contribution in [3.63, 3.8) is 0 Å². The van der Waals surface area contributed by atoms with Crippen LogP contribution in [0, 0.1) is 13.8 Å². The second kappa shape index (κ2) is 9.80. The van der Waals surface area contributed by atoms with Gasteiger partial charge in [-0.15, -0.1) is 0 Å². The molecule has 0 aliphatic carbocycles. The average Bonchev–Trinajstić information content (AvgIpc) is 3.26. The highest BCUT2D eigenvalue weighted by molar-refractivity contribution is 6.10. The van der Waals surface area contributed by atoms with Crippen LogP contribution in [0.15, 0.2) is 100 Å². The van der Waals surface area contributed by atoms with Crippen LogP contribution in [-0.4, -0.2) is 13.0 Å². The highest BCUT2D eigenvalue weighted by atomic mass is 16.5. The highest BCUT2D eigenvalue weighted by Gasteiger charge is 2.43. The summed E-state index contributed by atoms with van der Waals surface area (Å²) in [5.41, 5.74) is 5.01. The molecule has 1 aromatic heterocycles. The standard InChI is InChI=1S/C33H27NO5/c1-20-17-27-28(18-21(20)2)39-32-29(31(27)35)30(34(33(32)36)24-11-15-25(37-3)16-12-24)23-9-13-26(14-10-23)38-19-22-7-5-4-6-8-22/h4-18,30H,19H2,1-3H3. The lowest BCUT2D eigenvalue weighted by Gasteiger charge is -2.25. The molecule has 1 atom stereocenters. The van der Waals surface area contributed by atoms with Crippen LogP contribution in [0.4, 0.5) is 5.69 Å². The molecule has 2 heterocycles. The van der Waals surface area contributed by atoms with Crippen LogP contribution < -0.4 is 19.8 Å². The fourth-order valence-corrected chi connectivity index (χ4v) is 5.04. The van der Waals surface area contributed by atoms with Crippen molar-refractivity contribution in [2.75, 3.05) is 12.0 Å². The number of ether oxygens (including phenoxy) is 2. The Morgan fingerprint density at radius 3 is 2.18 bits per heavy atom. The average molecular weight is 518 g/mol. The normalized spacial score (nSPS) is 14.5. The molecule has 5 aromatic rings. The zero-order valence-electron chi connectivity index (χ0n) is 21.9. The summed E-state index contributed by atoms with van der Waals surface area (Å²) >= 11 is 0. The Bertz CT molecular complexity index is 1740. The van der Waals surface area contributed by atoms with Crippen LogP contribution in [0.5, 0.6) is 11.5 Å². The second-order valence-electron chi connectivity index (χ2n) is 9.73. The van der Waals surface area contributed by atoms with E-state index in [1.165, 1.54) is 0 Å². The van der Waals surface area contributed by atoms with E-state index in [4.69, 9.17) is 13.9 Å². The first-order valence-corrected chi connectivity index (χ1v) is 12.8. The summed E-state index contributed by atoms with van der Waals surface area (Å²) < 4.78 is 17.4. The number of benzene rings is 4. The maximum Gasteiger partial charge on any atom is 0.295 e. The van der Waals surface area contributed by atoms with Gasteiger partial charge in [-0.3, -0.25) is 14.5 Å². The third kappa shape index (κ3) is 4.34. The summed E-state index contributed by atoms with van der Waals surface area (Å²) in [5, 5.41) is 0.467. The lowest BCUT2D eigenvalue weighted by molar-refractivity contribution is 0.0971. The van der Waals surface area contributed by atoms with Gasteiger partial charge in [-0.05, 0) is 84.6 Å². The largest absolute Gasteiger partial charge is 0.497 e. The van der Waals surface area contributed by atoms with Crippen molar-refractivity contribution in [3.05, 3.63) is 135 Å². The van der Waals surface area contributed by atoms with Crippen molar-refractivity contribution in [2.45, 2.75) is 26.5 Å². The molecular formula is C33H27NO5. The fourth-order valence-electron chi connectivity index (χ4n) is 5.04. The second-order valence-corrected chi connectivity index (χ2v) is 9.73. The van der Waals surface area contributed by atoms with Crippen molar-refractivity contribution in [3.8, 4) is 11.5 Å². The third-order valence-electron chi connectivity index (χ3n) is 7.28. The number of rotatable bonds is 6. The zero-order chi connectivity index (χ0) is 27.1. The molecule has 4 aromatic carbocycles. The first kappa shape index (κ1) is 24.5. The van der Waals surface area contributed by atoms with Gasteiger partial charge in [0, 0.05) is 5.69 Å². The number of methoxy groups -OCH3 is 1. The van der Waals surface area contributed by atoms with E-state index >= 15 is 0 Å². The molecule has 6 nitrogen and oxygen atoms in total. The first-order chi connectivity index (χ1) is 18.9. The van der Waals surface area contributed by atoms with E-state index in [0.717, 1.165) is 22.3 Å². The van der Waals surface area contributed by atoms with Crippen LogP contribution in [-0.2, 0) is 6.61 Å². The maximum atomic E-state index is 13.9. The molecule has 39 heavy (non-hydrogen) atoms. The SMILES string of the molecule is COc1ccc(N2C(=O)c3oc4cc(C)c(C)cc4c(=O)c3C2c2ccc(OCc3ccccc3)cc2)cc1. The molecule has 0 saturated heterocycles. The van der Waals surface area contributed by atoms with Gasteiger partial charge in [0.1, 0.15) is 23.7 Å². The van der Waals surface area contributed by atoms with Gasteiger partial charge in [0.2, 0.25) is 5.76 Å². The Morgan fingerprint density at radius 1 is 0.821 bits per heavy atom. The van der Waals surface area contributed by atoms with E-state index < -0.39 is 6.04 Å². The summed E-state index contributed by atoms with van der Waals surface area (Å²) in [6, 6.07) is 27.7. The highest BCUT2D eigenvalue weighted by Crippen LogP contribution is 2.42. The number of aryl methyl sites for hydroxylation is 2. The molecule has 0 saturated carbocycles. The summed E-state index contributed by atoms with van der Waals surface area (Å²) in [5.74, 6) is 1.08. The van der Waals surface area contributed by atoms with Gasteiger partial charge in [-0.25, -0.2) is 0 Å². The van der Waals surface area contributed by atoms with Crippen LogP contribution >= 0.6 is 0 Å². The molecule has 0 fully saturated rings. The minimum Gasteiger partial charge on any atom is -0.497 e. The number of nitrogens with zero attached hydrogens (tertiary/aromatic N) is 1. The molecule has 1 aliphatic rings. The molecular weight excluding hydrogens is 490 g/mol. The number of carbonyl (C=O) groups excluding carboxylic acids is 1. The van der Waals surface area contributed by atoms with Crippen LogP contribution in [0.3, 0.4) is 0 Å². The van der Waals surface area contributed by atoms with Crippen LogP contribution in [0.25, 0.3) is 11.0 Å². The third-order valence-corrected chi connectivity index (χ3v) is 7.28. The molecule has 0 radical (unpaired) electrons. The predicted octanol–water partition coefficient (Wildman–Crippen LogP) is 6.75. The van der Waals surface area contributed by atoms with Crippen molar-refractivity contribution >= 4 is 22.6 Å². The summed E-state index contributed by atoms with van der Waals surface area (Å²) in [6.45, 7) is 4.36. The van der Waals surface area contributed by atoms with Gasteiger partial charge in [0.25, 0.3) is 5.91 Å². The lowest BCUT2D eigenvalue weighted by Crippen LogP contribution is -2.29. The van der Waals surface area contributed by atoms with Gasteiger partial charge >= 0.3 is 0 Å². The van der Waals surface area contributed by atoms with E-state index in [0.29, 0.717) is 40.3 Å². The van der Waals surface area contributed by atoms with Gasteiger partial charge in [-0.1, -0.05) is 42.5 Å². The zero-order valence-corrected chi connectivity index (χ0v) is 21.9. The molecule has 1 aliphatic heterocycles. The van der Waals surface area contributed by atoms with E-state index in [2.05, 4.69) is 0 Å². The minimum atomic E-state index is -0.661. The van der Waals surface area contributed by atoms with Crippen molar-refractivity contribution in [1.82, 2.24) is 0 Å². The van der Waals surface area contributed by atoms with Gasteiger partial charge < -0.3 is 13.9 Å². The van der Waals surface area contributed by atoms with Crippen LogP contribution in [0.1, 0.15) is 44.4 Å². The quantitative estimate of drug-likeness (QED) is 0.249. The van der Waals surface area contributed by atoms with Crippen molar-refractivity contribution < 1.29 is 18.7 Å². The number of hydrogen-bond donors (Lipinski definition) is 0. The Labute approximate surface area is 226 Å². The molecule has 1 unspecified atom stereocenters. The Balaban J connectivity index is 1.45. The van der Waals surface area contributed by atoms with Gasteiger partial charge in [0.15, 0.2) is 5.43 Å². The summed E-state index contributed by atoms with van der Waals surface area (Å²) in [7, 11) is 1.59.